The summed E-state index contributed by atoms with van der Waals surface area (Å²) in [4.78, 5) is 5.64. The second-order valence-electron chi connectivity index (χ2n) is 3.58. The molecule has 0 fully saturated rings. The van der Waals surface area contributed by atoms with Crippen LogP contribution in [0.25, 0.3) is 0 Å². The number of nitrogens with zero attached hydrogens (tertiary/aromatic N) is 1. The van der Waals surface area contributed by atoms with Crippen molar-refractivity contribution in [1.82, 2.24) is 4.98 Å². The third-order valence-electron chi connectivity index (χ3n) is 2.38. The molecule has 0 atom stereocenters. The van der Waals surface area contributed by atoms with E-state index >= 15 is 0 Å². The van der Waals surface area contributed by atoms with E-state index in [1.807, 2.05) is 0 Å². The van der Waals surface area contributed by atoms with Gasteiger partial charge < -0.3 is 5.73 Å². The van der Waals surface area contributed by atoms with Gasteiger partial charge in [0.15, 0.2) is 5.13 Å². The van der Waals surface area contributed by atoms with Crippen LogP contribution in [-0.2, 0) is 12.8 Å². The molecule has 0 saturated carbocycles. The van der Waals surface area contributed by atoms with Crippen molar-refractivity contribution in [2.24, 2.45) is 0 Å². The van der Waals surface area contributed by atoms with Gasteiger partial charge in [0.2, 0.25) is 0 Å². The minimum atomic E-state index is 0.678. The van der Waals surface area contributed by atoms with Crippen molar-refractivity contribution in [2.45, 2.75) is 19.8 Å². The Bertz CT molecular complexity index is 494. The molecule has 0 unspecified atom stereocenters. The van der Waals surface area contributed by atoms with Crippen LogP contribution < -0.4 is 5.73 Å². The topological polar surface area (TPSA) is 38.9 Å². The number of aromatic nitrogens is 1. The third kappa shape index (κ3) is 2.74. The lowest BCUT2D eigenvalue weighted by Crippen LogP contribution is -1.91. The summed E-state index contributed by atoms with van der Waals surface area (Å²) in [5.41, 5.74) is 8.21. The molecule has 2 aromatic rings. The Hall–Kier alpha value is -0.620. The van der Waals surface area contributed by atoms with Gasteiger partial charge in [0, 0.05) is 14.9 Å². The molecule has 16 heavy (non-hydrogen) atoms. The van der Waals surface area contributed by atoms with Crippen molar-refractivity contribution in [3.63, 3.8) is 0 Å². The molecule has 1 aromatic carbocycles. The lowest BCUT2D eigenvalue weighted by atomic mass is 10.1. The largest absolute Gasteiger partial charge is 0.375 e. The summed E-state index contributed by atoms with van der Waals surface area (Å²) in [5.74, 6) is 0. The summed E-state index contributed by atoms with van der Waals surface area (Å²) in [6.07, 6.45) is 1.89. The Labute approximate surface area is 113 Å². The van der Waals surface area contributed by atoms with E-state index in [4.69, 9.17) is 5.73 Å². The van der Waals surface area contributed by atoms with Gasteiger partial charge in [-0.2, -0.15) is 0 Å². The molecule has 1 heterocycles. The van der Waals surface area contributed by atoms with Crippen LogP contribution in [0.2, 0.25) is 0 Å². The number of thiazole rings is 1. The fourth-order valence-corrected chi connectivity index (χ4v) is 3.21. The van der Waals surface area contributed by atoms with Crippen LogP contribution in [0.15, 0.2) is 24.3 Å². The smallest absolute Gasteiger partial charge is 0.180 e. The first-order valence-electron chi connectivity index (χ1n) is 5.17. The minimum Gasteiger partial charge on any atom is -0.375 e. The lowest BCUT2D eigenvalue weighted by Gasteiger charge is -2.01. The van der Waals surface area contributed by atoms with Crippen LogP contribution in [0.3, 0.4) is 0 Å². The number of hydrogen-bond acceptors (Lipinski definition) is 3. The molecule has 0 saturated heterocycles. The SMILES string of the molecule is CCc1nc(N)sc1Cc1cccc(I)c1. The number of rotatable bonds is 3. The first-order valence-corrected chi connectivity index (χ1v) is 7.07. The second-order valence-corrected chi connectivity index (χ2v) is 5.94. The average Bonchev–Trinajstić information content (AvgIpc) is 2.59. The lowest BCUT2D eigenvalue weighted by molar-refractivity contribution is 1.02. The van der Waals surface area contributed by atoms with Crippen LogP contribution in [0.1, 0.15) is 23.1 Å². The maximum Gasteiger partial charge on any atom is 0.180 e. The zero-order valence-corrected chi connectivity index (χ0v) is 12.0. The van der Waals surface area contributed by atoms with Gasteiger partial charge in [0.05, 0.1) is 5.69 Å². The number of nitrogens with two attached hydrogens (primary N) is 1. The van der Waals surface area contributed by atoms with Gasteiger partial charge in [-0.25, -0.2) is 4.98 Å². The highest BCUT2D eigenvalue weighted by atomic mass is 127. The molecule has 0 aliphatic rings. The molecule has 0 aliphatic heterocycles. The number of benzene rings is 1. The molecule has 0 bridgehead atoms. The fraction of sp³-hybridized carbons (Fsp3) is 0.250. The van der Waals surface area contributed by atoms with E-state index in [0.717, 1.165) is 18.5 Å². The number of hydrogen-bond donors (Lipinski definition) is 1. The monoisotopic (exact) mass is 344 g/mol. The second kappa shape index (κ2) is 5.14. The van der Waals surface area contributed by atoms with Crippen molar-refractivity contribution < 1.29 is 0 Å². The molecule has 1 aromatic heterocycles. The molecule has 4 heteroatoms. The Balaban J connectivity index is 2.26. The summed E-state index contributed by atoms with van der Waals surface area (Å²) < 4.78 is 1.27. The van der Waals surface area contributed by atoms with E-state index in [9.17, 15) is 0 Å². The maximum atomic E-state index is 5.74. The highest BCUT2D eigenvalue weighted by Gasteiger charge is 2.08. The standard InChI is InChI=1S/C12H13IN2S/c1-2-10-11(16-12(14)15-10)7-8-4-3-5-9(13)6-8/h3-6H,2,7H2,1H3,(H2,14,15). The quantitative estimate of drug-likeness (QED) is 0.866. The van der Waals surface area contributed by atoms with E-state index in [2.05, 4.69) is 58.8 Å². The molecule has 0 amide bonds. The Morgan fingerprint density at radius 1 is 1.44 bits per heavy atom. The van der Waals surface area contributed by atoms with Gasteiger partial charge in [-0.15, -0.1) is 11.3 Å². The fourth-order valence-electron chi connectivity index (χ4n) is 1.65. The van der Waals surface area contributed by atoms with Crippen LogP contribution in [0, 0.1) is 3.57 Å². The molecule has 2 rings (SSSR count). The van der Waals surface area contributed by atoms with Crippen molar-refractivity contribution in [3.8, 4) is 0 Å². The zero-order valence-electron chi connectivity index (χ0n) is 9.03. The van der Waals surface area contributed by atoms with Crippen LogP contribution in [-0.4, -0.2) is 4.98 Å². The van der Waals surface area contributed by atoms with Gasteiger partial charge in [-0.3, -0.25) is 0 Å². The zero-order chi connectivity index (χ0) is 11.5. The summed E-state index contributed by atoms with van der Waals surface area (Å²) >= 11 is 3.94. The van der Waals surface area contributed by atoms with Gasteiger partial charge in [0.1, 0.15) is 0 Å². The number of aryl methyl sites for hydroxylation is 1. The third-order valence-corrected chi connectivity index (χ3v) is 3.98. The summed E-state index contributed by atoms with van der Waals surface area (Å²) in [6.45, 7) is 2.12. The first kappa shape index (κ1) is 11.9. The summed E-state index contributed by atoms with van der Waals surface area (Å²) in [5, 5.41) is 0.678. The van der Waals surface area contributed by atoms with E-state index in [0.29, 0.717) is 5.13 Å². The van der Waals surface area contributed by atoms with E-state index in [-0.39, 0.29) is 0 Å². The first-order chi connectivity index (χ1) is 7.69. The summed E-state index contributed by atoms with van der Waals surface area (Å²) in [7, 11) is 0. The molecule has 0 spiro atoms. The maximum absolute atomic E-state index is 5.74. The van der Waals surface area contributed by atoms with Crippen molar-refractivity contribution in [1.29, 1.82) is 0 Å². The Morgan fingerprint density at radius 3 is 2.94 bits per heavy atom. The number of anilines is 1. The van der Waals surface area contributed by atoms with Gasteiger partial charge in [-0.05, 0) is 46.7 Å². The molecule has 0 radical (unpaired) electrons. The van der Waals surface area contributed by atoms with Gasteiger partial charge in [-0.1, -0.05) is 19.1 Å². The predicted molar refractivity (Wildman–Crippen MR) is 77.9 cm³/mol. The molecular formula is C12H13IN2S. The highest BCUT2D eigenvalue weighted by Crippen LogP contribution is 2.24. The Kier molecular flexibility index (Phi) is 3.81. The molecule has 2 N–H and O–H groups in total. The summed E-state index contributed by atoms with van der Waals surface area (Å²) in [6, 6.07) is 8.55. The van der Waals surface area contributed by atoms with Crippen molar-refractivity contribution >= 4 is 39.1 Å². The minimum absolute atomic E-state index is 0.678. The number of halogens is 1. The number of nitrogen functional groups attached to an aromatic ring is 1. The molecular weight excluding hydrogens is 331 g/mol. The van der Waals surface area contributed by atoms with Gasteiger partial charge >= 0.3 is 0 Å². The molecule has 2 nitrogen and oxygen atoms in total. The van der Waals surface area contributed by atoms with E-state index in [1.165, 1.54) is 14.0 Å². The van der Waals surface area contributed by atoms with E-state index in [1.54, 1.807) is 11.3 Å². The van der Waals surface area contributed by atoms with Crippen LogP contribution in [0.5, 0.6) is 0 Å². The predicted octanol–water partition coefficient (Wildman–Crippen LogP) is 3.48. The van der Waals surface area contributed by atoms with Crippen LogP contribution in [0.4, 0.5) is 5.13 Å². The average molecular weight is 344 g/mol. The van der Waals surface area contributed by atoms with Crippen molar-refractivity contribution in [2.75, 3.05) is 5.73 Å². The van der Waals surface area contributed by atoms with Gasteiger partial charge in [0.25, 0.3) is 0 Å². The molecule has 84 valence electrons. The van der Waals surface area contributed by atoms with E-state index < -0.39 is 0 Å². The normalized spacial score (nSPS) is 10.6. The highest BCUT2D eigenvalue weighted by molar-refractivity contribution is 14.1. The molecule has 0 aliphatic carbocycles. The van der Waals surface area contributed by atoms with Crippen molar-refractivity contribution in [3.05, 3.63) is 44.0 Å². The Morgan fingerprint density at radius 2 is 2.25 bits per heavy atom. The van der Waals surface area contributed by atoms with Crippen LogP contribution >= 0.6 is 33.9 Å².